The highest BCUT2D eigenvalue weighted by atomic mass is 16.1. The molecule has 1 fully saturated rings. The number of carbonyl (C=O) groups excluding carboxylic acids is 1. The number of amides is 1. The minimum atomic E-state index is -0.538. The third-order valence-electron chi connectivity index (χ3n) is 3.41. The molecule has 1 aliphatic heterocycles. The Balaban J connectivity index is 2.58. The Hall–Kier alpha value is -0.650. The summed E-state index contributed by atoms with van der Waals surface area (Å²) in [6.45, 7) is 4.53. The molecule has 0 aromatic heterocycles. The van der Waals surface area contributed by atoms with Crippen molar-refractivity contribution in [3.8, 4) is 0 Å². The molecule has 0 aliphatic carbocycles. The first-order valence-electron chi connectivity index (χ1n) is 5.77. The molecule has 0 bridgehead atoms. The Bertz CT molecular complexity index is 244. The SMILES string of the molecule is CC1CC(NCCN(C)C)(C(N)=O)CN1C. The summed E-state index contributed by atoms with van der Waals surface area (Å²) in [5.74, 6) is -0.234. The van der Waals surface area contributed by atoms with Crippen LogP contribution in [0.2, 0.25) is 0 Å². The first kappa shape index (κ1) is 13.4. The summed E-state index contributed by atoms with van der Waals surface area (Å²) in [7, 11) is 6.06. The second-order valence-corrected chi connectivity index (χ2v) is 5.14. The zero-order valence-corrected chi connectivity index (χ0v) is 10.8. The van der Waals surface area contributed by atoms with Crippen molar-refractivity contribution in [1.29, 1.82) is 0 Å². The van der Waals surface area contributed by atoms with E-state index in [0.29, 0.717) is 12.6 Å². The lowest BCUT2D eigenvalue weighted by Gasteiger charge is -2.27. The minimum absolute atomic E-state index is 0.234. The maximum absolute atomic E-state index is 11.6. The van der Waals surface area contributed by atoms with E-state index < -0.39 is 5.54 Å². The van der Waals surface area contributed by atoms with Crippen LogP contribution >= 0.6 is 0 Å². The van der Waals surface area contributed by atoms with Gasteiger partial charge in [-0.3, -0.25) is 4.79 Å². The molecular weight excluding hydrogens is 204 g/mol. The van der Waals surface area contributed by atoms with E-state index in [-0.39, 0.29) is 5.91 Å². The third-order valence-corrected chi connectivity index (χ3v) is 3.41. The van der Waals surface area contributed by atoms with Gasteiger partial charge < -0.3 is 20.9 Å². The van der Waals surface area contributed by atoms with E-state index in [9.17, 15) is 4.79 Å². The normalized spacial score (nSPS) is 31.2. The van der Waals surface area contributed by atoms with Crippen molar-refractivity contribution in [2.24, 2.45) is 5.73 Å². The van der Waals surface area contributed by atoms with Crippen LogP contribution in [-0.4, -0.2) is 68.1 Å². The molecule has 1 heterocycles. The van der Waals surface area contributed by atoms with Crippen LogP contribution < -0.4 is 11.1 Å². The molecule has 0 aromatic carbocycles. The predicted molar refractivity (Wildman–Crippen MR) is 65.2 cm³/mol. The second-order valence-electron chi connectivity index (χ2n) is 5.14. The Morgan fingerprint density at radius 2 is 2.25 bits per heavy atom. The summed E-state index contributed by atoms with van der Waals surface area (Å²) in [5.41, 5.74) is 4.99. The summed E-state index contributed by atoms with van der Waals surface area (Å²) in [5, 5.41) is 3.33. The largest absolute Gasteiger partial charge is 0.368 e. The van der Waals surface area contributed by atoms with Crippen LogP contribution in [-0.2, 0) is 4.79 Å². The quantitative estimate of drug-likeness (QED) is 0.639. The molecule has 16 heavy (non-hydrogen) atoms. The van der Waals surface area contributed by atoms with E-state index in [4.69, 9.17) is 5.73 Å². The number of rotatable bonds is 5. The number of nitrogens with one attached hydrogen (secondary N) is 1. The molecule has 1 saturated heterocycles. The van der Waals surface area contributed by atoms with Gasteiger partial charge in [0, 0.05) is 25.7 Å². The van der Waals surface area contributed by atoms with E-state index in [1.807, 2.05) is 21.1 Å². The number of hydrogen-bond donors (Lipinski definition) is 2. The molecule has 0 aromatic rings. The summed E-state index contributed by atoms with van der Waals surface area (Å²) in [6.07, 6.45) is 0.798. The van der Waals surface area contributed by atoms with Crippen LogP contribution in [0.5, 0.6) is 0 Å². The van der Waals surface area contributed by atoms with Gasteiger partial charge >= 0.3 is 0 Å². The average Bonchev–Trinajstić information content (AvgIpc) is 2.43. The second kappa shape index (κ2) is 5.12. The molecule has 0 radical (unpaired) electrons. The van der Waals surface area contributed by atoms with Gasteiger partial charge in [-0.2, -0.15) is 0 Å². The van der Waals surface area contributed by atoms with Crippen molar-refractivity contribution in [2.75, 3.05) is 40.8 Å². The first-order valence-corrected chi connectivity index (χ1v) is 5.77. The van der Waals surface area contributed by atoms with Gasteiger partial charge in [-0.1, -0.05) is 0 Å². The zero-order chi connectivity index (χ0) is 12.3. The van der Waals surface area contributed by atoms with Gasteiger partial charge in [0.2, 0.25) is 5.91 Å². The lowest BCUT2D eigenvalue weighted by Crippen LogP contribution is -2.58. The number of nitrogens with zero attached hydrogens (tertiary/aromatic N) is 2. The summed E-state index contributed by atoms with van der Waals surface area (Å²) < 4.78 is 0. The fourth-order valence-electron chi connectivity index (χ4n) is 2.22. The highest BCUT2D eigenvalue weighted by Crippen LogP contribution is 2.25. The van der Waals surface area contributed by atoms with Gasteiger partial charge in [-0.15, -0.1) is 0 Å². The smallest absolute Gasteiger partial charge is 0.239 e. The van der Waals surface area contributed by atoms with E-state index in [2.05, 4.69) is 22.0 Å². The molecule has 1 rings (SSSR count). The summed E-state index contributed by atoms with van der Waals surface area (Å²) >= 11 is 0. The van der Waals surface area contributed by atoms with Crippen LogP contribution in [0.1, 0.15) is 13.3 Å². The lowest BCUT2D eigenvalue weighted by atomic mass is 9.95. The Morgan fingerprint density at radius 3 is 2.62 bits per heavy atom. The number of hydrogen-bond acceptors (Lipinski definition) is 4. The van der Waals surface area contributed by atoms with Crippen molar-refractivity contribution in [3.63, 3.8) is 0 Å². The minimum Gasteiger partial charge on any atom is -0.368 e. The molecule has 2 atom stereocenters. The van der Waals surface area contributed by atoms with Gasteiger partial charge in [0.25, 0.3) is 0 Å². The zero-order valence-electron chi connectivity index (χ0n) is 10.8. The monoisotopic (exact) mass is 228 g/mol. The van der Waals surface area contributed by atoms with E-state index in [1.54, 1.807) is 0 Å². The standard InChI is InChI=1S/C11H24N4O/c1-9-7-11(10(12)16,8-15(9)4)13-5-6-14(2)3/h9,13H,5-8H2,1-4H3,(H2,12,16). The molecule has 1 amide bonds. The summed E-state index contributed by atoms with van der Waals surface area (Å²) in [6, 6.07) is 0.402. The maximum atomic E-state index is 11.6. The van der Waals surface area contributed by atoms with E-state index in [0.717, 1.165) is 19.5 Å². The molecule has 5 nitrogen and oxygen atoms in total. The number of carbonyl (C=O) groups is 1. The number of nitrogens with two attached hydrogens (primary N) is 1. The van der Waals surface area contributed by atoms with Crippen LogP contribution in [0.15, 0.2) is 0 Å². The molecule has 0 spiro atoms. The van der Waals surface area contributed by atoms with Crippen LogP contribution in [0.25, 0.3) is 0 Å². The van der Waals surface area contributed by atoms with Crippen molar-refractivity contribution in [1.82, 2.24) is 15.1 Å². The molecular formula is C11H24N4O. The van der Waals surface area contributed by atoms with E-state index in [1.165, 1.54) is 0 Å². The number of primary amides is 1. The van der Waals surface area contributed by atoms with Crippen molar-refractivity contribution >= 4 is 5.91 Å². The number of likely N-dealkylation sites (N-methyl/N-ethyl adjacent to an activating group) is 2. The highest BCUT2D eigenvalue weighted by molar-refractivity contribution is 5.85. The topological polar surface area (TPSA) is 61.6 Å². The lowest BCUT2D eigenvalue weighted by molar-refractivity contribution is -0.124. The molecule has 1 aliphatic rings. The summed E-state index contributed by atoms with van der Waals surface area (Å²) in [4.78, 5) is 15.9. The van der Waals surface area contributed by atoms with Gasteiger partial charge in [0.15, 0.2) is 0 Å². The van der Waals surface area contributed by atoms with Crippen LogP contribution in [0.4, 0.5) is 0 Å². The fraction of sp³-hybridized carbons (Fsp3) is 0.909. The highest BCUT2D eigenvalue weighted by Gasteiger charge is 2.44. The van der Waals surface area contributed by atoms with Gasteiger partial charge in [-0.05, 0) is 34.5 Å². The first-order chi connectivity index (χ1) is 7.37. The van der Waals surface area contributed by atoms with Gasteiger partial charge in [0.1, 0.15) is 5.54 Å². The maximum Gasteiger partial charge on any atom is 0.239 e. The Labute approximate surface area is 98.0 Å². The van der Waals surface area contributed by atoms with Crippen molar-refractivity contribution in [2.45, 2.75) is 24.9 Å². The number of likely N-dealkylation sites (tertiary alicyclic amines) is 1. The van der Waals surface area contributed by atoms with Gasteiger partial charge in [0.05, 0.1) is 0 Å². The third kappa shape index (κ3) is 2.93. The molecule has 5 heteroatoms. The van der Waals surface area contributed by atoms with Crippen molar-refractivity contribution < 1.29 is 4.79 Å². The average molecular weight is 228 g/mol. The van der Waals surface area contributed by atoms with E-state index >= 15 is 0 Å². The fourth-order valence-corrected chi connectivity index (χ4v) is 2.22. The molecule has 94 valence electrons. The Kier molecular flexibility index (Phi) is 4.29. The van der Waals surface area contributed by atoms with Crippen LogP contribution in [0, 0.1) is 0 Å². The van der Waals surface area contributed by atoms with Gasteiger partial charge in [-0.25, -0.2) is 0 Å². The van der Waals surface area contributed by atoms with Crippen molar-refractivity contribution in [3.05, 3.63) is 0 Å². The molecule has 0 saturated carbocycles. The molecule has 2 unspecified atom stereocenters. The predicted octanol–water partition coefficient (Wildman–Crippen LogP) is -0.914. The Morgan fingerprint density at radius 1 is 1.62 bits per heavy atom. The molecule has 3 N–H and O–H groups in total. The van der Waals surface area contributed by atoms with Crippen LogP contribution in [0.3, 0.4) is 0 Å².